The first-order chi connectivity index (χ1) is 11.5. The van der Waals surface area contributed by atoms with Crippen molar-refractivity contribution < 1.29 is 23.8 Å². The van der Waals surface area contributed by atoms with Crippen molar-refractivity contribution in [1.29, 1.82) is 0 Å². The molecule has 5 nitrogen and oxygen atoms in total. The Hall–Kier alpha value is -2.32. The predicted octanol–water partition coefficient (Wildman–Crippen LogP) is 3.24. The highest BCUT2D eigenvalue weighted by Gasteiger charge is 2.22. The molecule has 0 atom stereocenters. The summed E-state index contributed by atoms with van der Waals surface area (Å²) >= 11 is 0. The summed E-state index contributed by atoms with van der Waals surface area (Å²) in [6.07, 6.45) is 5.61. The molecule has 0 spiro atoms. The van der Waals surface area contributed by atoms with Crippen molar-refractivity contribution in [2.75, 3.05) is 13.7 Å². The van der Waals surface area contributed by atoms with E-state index < -0.39 is 17.5 Å². The molecular weight excluding hydrogens is 320 g/mol. The van der Waals surface area contributed by atoms with Crippen LogP contribution in [0.15, 0.2) is 0 Å². The van der Waals surface area contributed by atoms with Crippen LogP contribution in [-0.2, 0) is 25.6 Å². The van der Waals surface area contributed by atoms with Gasteiger partial charge in [0, 0.05) is 5.56 Å². The Morgan fingerprint density at radius 3 is 2.16 bits per heavy atom. The van der Waals surface area contributed by atoms with Gasteiger partial charge in [0.1, 0.15) is 12.2 Å². The number of benzene rings is 1. The molecule has 0 amide bonds. The van der Waals surface area contributed by atoms with Crippen LogP contribution in [0, 0.1) is 33.1 Å². The highest BCUT2D eigenvalue weighted by molar-refractivity contribution is 5.94. The number of hydrogen-bond acceptors (Lipinski definition) is 5. The zero-order valence-electron chi connectivity index (χ0n) is 16.0. The van der Waals surface area contributed by atoms with E-state index in [2.05, 4.69) is 5.92 Å². The van der Waals surface area contributed by atoms with Crippen LogP contribution >= 0.6 is 0 Å². The number of carbonyl (C=O) groups is 2. The lowest BCUT2D eigenvalue weighted by atomic mass is 9.88. The van der Waals surface area contributed by atoms with E-state index in [0.29, 0.717) is 16.7 Å². The Bertz CT molecular complexity index is 717. The summed E-state index contributed by atoms with van der Waals surface area (Å²) < 4.78 is 15.6. The maximum Gasteiger partial charge on any atom is 0.338 e. The minimum absolute atomic E-state index is 0.149. The topological polar surface area (TPSA) is 61.8 Å². The third kappa shape index (κ3) is 5.07. The van der Waals surface area contributed by atoms with Gasteiger partial charge in [-0.05, 0) is 63.8 Å². The molecule has 136 valence electrons. The molecule has 0 aliphatic rings. The van der Waals surface area contributed by atoms with Crippen molar-refractivity contribution in [3.05, 3.63) is 33.4 Å². The van der Waals surface area contributed by atoms with E-state index in [1.54, 1.807) is 27.7 Å². The van der Waals surface area contributed by atoms with Crippen molar-refractivity contribution in [3.8, 4) is 12.3 Å². The maximum absolute atomic E-state index is 12.1. The summed E-state index contributed by atoms with van der Waals surface area (Å²) in [5.74, 6) is 1.74. The van der Waals surface area contributed by atoms with Gasteiger partial charge in [-0.15, -0.1) is 6.42 Å². The summed E-state index contributed by atoms with van der Waals surface area (Å²) in [6, 6.07) is 0. The molecule has 0 bridgehead atoms. The van der Waals surface area contributed by atoms with Crippen molar-refractivity contribution in [2.45, 2.75) is 53.8 Å². The molecule has 1 aromatic rings. The van der Waals surface area contributed by atoms with Crippen LogP contribution in [0.3, 0.4) is 0 Å². The fourth-order valence-corrected chi connectivity index (χ4v) is 2.72. The molecule has 0 heterocycles. The summed E-state index contributed by atoms with van der Waals surface area (Å²) in [5.41, 5.74) is 3.60. The van der Waals surface area contributed by atoms with E-state index in [9.17, 15) is 9.59 Å². The second-order valence-corrected chi connectivity index (χ2v) is 6.82. The van der Waals surface area contributed by atoms with E-state index in [4.69, 9.17) is 20.6 Å². The first-order valence-corrected chi connectivity index (χ1v) is 8.00. The Balaban J connectivity index is 3.10. The number of esters is 2. The van der Waals surface area contributed by atoms with Crippen molar-refractivity contribution in [2.24, 2.45) is 0 Å². The average Bonchev–Trinajstić information content (AvgIpc) is 2.49. The van der Waals surface area contributed by atoms with Crippen LogP contribution in [0.25, 0.3) is 0 Å². The van der Waals surface area contributed by atoms with Gasteiger partial charge in [-0.3, -0.25) is 0 Å². The van der Waals surface area contributed by atoms with Gasteiger partial charge < -0.3 is 14.2 Å². The highest BCUT2D eigenvalue weighted by Crippen LogP contribution is 2.28. The van der Waals surface area contributed by atoms with Gasteiger partial charge in [0.05, 0.1) is 19.3 Å². The van der Waals surface area contributed by atoms with Gasteiger partial charge >= 0.3 is 11.9 Å². The van der Waals surface area contributed by atoms with Crippen LogP contribution in [0.4, 0.5) is 0 Å². The Morgan fingerprint density at radius 1 is 1.08 bits per heavy atom. The molecule has 0 aliphatic carbocycles. The quantitative estimate of drug-likeness (QED) is 0.605. The van der Waals surface area contributed by atoms with Crippen LogP contribution in [-0.4, -0.2) is 31.3 Å². The van der Waals surface area contributed by atoms with Crippen LogP contribution in [0.2, 0.25) is 0 Å². The molecule has 0 N–H and O–H groups in total. The van der Waals surface area contributed by atoms with E-state index in [1.165, 1.54) is 7.11 Å². The molecular formula is C20H26O5. The van der Waals surface area contributed by atoms with E-state index >= 15 is 0 Å². The van der Waals surface area contributed by atoms with Crippen LogP contribution in [0.1, 0.15) is 58.9 Å². The third-order valence-corrected chi connectivity index (χ3v) is 3.83. The van der Waals surface area contributed by atoms with Gasteiger partial charge in [0.2, 0.25) is 0 Å². The zero-order valence-corrected chi connectivity index (χ0v) is 16.0. The monoisotopic (exact) mass is 346 g/mol. The van der Waals surface area contributed by atoms with E-state index in [0.717, 1.165) is 16.7 Å². The fourth-order valence-electron chi connectivity index (χ4n) is 2.72. The SMILES string of the molecule is C#Cc1c(C)c(COCC(=O)OC(C)(C)C)c(C)c(C(=O)OC)c1C. The number of ether oxygens (including phenoxy) is 3. The lowest BCUT2D eigenvalue weighted by molar-refractivity contribution is -0.160. The summed E-state index contributed by atoms with van der Waals surface area (Å²) in [4.78, 5) is 23.9. The number of rotatable bonds is 5. The third-order valence-electron chi connectivity index (χ3n) is 3.83. The number of terminal acetylenes is 1. The smallest absolute Gasteiger partial charge is 0.338 e. The average molecular weight is 346 g/mol. The van der Waals surface area contributed by atoms with Gasteiger partial charge in [0.15, 0.2) is 0 Å². The Morgan fingerprint density at radius 2 is 1.68 bits per heavy atom. The fraction of sp³-hybridized carbons (Fsp3) is 0.500. The first-order valence-electron chi connectivity index (χ1n) is 8.00. The normalized spacial score (nSPS) is 11.0. The molecule has 0 radical (unpaired) electrons. The van der Waals surface area contributed by atoms with Crippen LogP contribution < -0.4 is 0 Å². The molecule has 5 heteroatoms. The van der Waals surface area contributed by atoms with Crippen molar-refractivity contribution in [3.63, 3.8) is 0 Å². The van der Waals surface area contributed by atoms with Gasteiger partial charge in [0.25, 0.3) is 0 Å². The van der Waals surface area contributed by atoms with Crippen LogP contribution in [0.5, 0.6) is 0 Å². The van der Waals surface area contributed by atoms with E-state index in [-0.39, 0.29) is 13.2 Å². The standard InChI is InChI=1S/C20H26O5/c1-9-15-12(2)16(10-24-11-17(21)25-20(5,6)7)14(4)18(13(15)3)19(22)23-8/h1H,10-11H2,2-8H3. The second kappa shape index (κ2) is 8.17. The van der Waals surface area contributed by atoms with Gasteiger partial charge in [-0.25, -0.2) is 9.59 Å². The molecule has 25 heavy (non-hydrogen) atoms. The molecule has 0 aromatic heterocycles. The summed E-state index contributed by atoms with van der Waals surface area (Å²) in [5, 5.41) is 0. The van der Waals surface area contributed by atoms with Gasteiger partial charge in [-0.1, -0.05) is 5.92 Å². The largest absolute Gasteiger partial charge is 0.465 e. The minimum Gasteiger partial charge on any atom is -0.465 e. The number of methoxy groups -OCH3 is 1. The number of carbonyl (C=O) groups excluding carboxylic acids is 2. The molecule has 0 fully saturated rings. The zero-order chi connectivity index (χ0) is 19.4. The lowest BCUT2D eigenvalue weighted by Gasteiger charge is -2.20. The molecule has 0 unspecified atom stereocenters. The lowest BCUT2D eigenvalue weighted by Crippen LogP contribution is -2.26. The molecule has 0 saturated carbocycles. The first kappa shape index (κ1) is 20.7. The molecule has 1 aromatic carbocycles. The maximum atomic E-state index is 12.1. The molecule has 0 aliphatic heterocycles. The Kier molecular flexibility index (Phi) is 6.78. The van der Waals surface area contributed by atoms with E-state index in [1.807, 2.05) is 13.8 Å². The summed E-state index contributed by atoms with van der Waals surface area (Å²) in [6.45, 7) is 10.8. The Labute approximate surface area is 149 Å². The van der Waals surface area contributed by atoms with Crippen molar-refractivity contribution in [1.82, 2.24) is 0 Å². The molecule has 0 saturated heterocycles. The number of hydrogen-bond donors (Lipinski definition) is 0. The minimum atomic E-state index is -0.565. The van der Waals surface area contributed by atoms with Gasteiger partial charge in [-0.2, -0.15) is 0 Å². The molecule has 1 rings (SSSR count). The van der Waals surface area contributed by atoms with Crippen molar-refractivity contribution >= 4 is 11.9 Å². The highest BCUT2D eigenvalue weighted by atomic mass is 16.6. The predicted molar refractivity (Wildman–Crippen MR) is 95.4 cm³/mol. The summed E-state index contributed by atoms with van der Waals surface area (Å²) in [7, 11) is 1.33. The second-order valence-electron chi connectivity index (χ2n) is 6.82.